The van der Waals surface area contributed by atoms with Crippen LogP contribution in [0.3, 0.4) is 0 Å². The van der Waals surface area contributed by atoms with Gasteiger partial charge in [0.1, 0.15) is 0 Å². The van der Waals surface area contributed by atoms with Gasteiger partial charge in [-0.2, -0.15) is 0 Å². The summed E-state index contributed by atoms with van der Waals surface area (Å²) < 4.78 is 1.05. The maximum Gasteiger partial charge on any atom is 0.251 e. The highest BCUT2D eigenvalue weighted by Gasteiger charge is 2.04. The Hall–Kier alpha value is -1.65. The Morgan fingerprint density at radius 1 is 1.10 bits per heavy atom. The molecule has 0 bridgehead atoms. The van der Waals surface area contributed by atoms with E-state index in [0.717, 1.165) is 16.5 Å². The van der Waals surface area contributed by atoms with Crippen molar-refractivity contribution < 1.29 is 4.79 Å². The molecular formula is C16H17BrN2O. The third kappa shape index (κ3) is 4.18. The molecule has 0 aliphatic carbocycles. The zero-order valence-electron chi connectivity index (χ0n) is 11.1. The lowest BCUT2D eigenvalue weighted by atomic mass is 10.1. The van der Waals surface area contributed by atoms with Gasteiger partial charge >= 0.3 is 0 Å². The molecule has 0 fully saturated rings. The first-order valence-corrected chi connectivity index (χ1v) is 7.30. The molecule has 0 saturated heterocycles. The number of nitrogens with one attached hydrogen (secondary N) is 1. The summed E-state index contributed by atoms with van der Waals surface area (Å²) in [6.45, 7) is 1.11. The van der Waals surface area contributed by atoms with Gasteiger partial charge in [0.25, 0.3) is 5.91 Å². The number of carbonyl (C=O) groups is 1. The predicted molar refractivity (Wildman–Crippen MR) is 84.5 cm³/mol. The van der Waals surface area contributed by atoms with Crippen LogP contribution in [-0.4, -0.2) is 12.5 Å². The van der Waals surface area contributed by atoms with Crippen LogP contribution in [0.4, 0.5) is 0 Å². The van der Waals surface area contributed by atoms with Crippen LogP contribution in [0.2, 0.25) is 0 Å². The van der Waals surface area contributed by atoms with E-state index in [0.29, 0.717) is 18.7 Å². The molecule has 0 aliphatic heterocycles. The van der Waals surface area contributed by atoms with Crippen LogP contribution in [0.1, 0.15) is 21.5 Å². The van der Waals surface area contributed by atoms with Crippen molar-refractivity contribution in [3.63, 3.8) is 0 Å². The first-order valence-electron chi connectivity index (χ1n) is 6.50. The van der Waals surface area contributed by atoms with Crippen molar-refractivity contribution in [3.05, 3.63) is 69.7 Å². The lowest BCUT2D eigenvalue weighted by molar-refractivity contribution is 0.0954. The maximum atomic E-state index is 11.9. The number of hydrogen-bond donors (Lipinski definition) is 2. The molecule has 0 unspecified atom stereocenters. The van der Waals surface area contributed by atoms with E-state index in [1.807, 2.05) is 30.3 Å². The van der Waals surface area contributed by atoms with Crippen LogP contribution in [0.15, 0.2) is 53.0 Å². The standard InChI is InChI=1S/C16H17BrN2O/c17-15-3-1-2-12(10-15)8-9-19-16(20)14-6-4-13(11-18)5-7-14/h1-7,10H,8-9,11,18H2,(H,19,20). The largest absolute Gasteiger partial charge is 0.352 e. The van der Waals surface area contributed by atoms with Crippen LogP contribution in [-0.2, 0) is 13.0 Å². The summed E-state index contributed by atoms with van der Waals surface area (Å²) in [6, 6.07) is 15.4. The van der Waals surface area contributed by atoms with E-state index in [4.69, 9.17) is 5.73 Å². The zero-order chi connectivity index (χ0) is 14.4. The van der Waals surface area contributed by atoms with Crippen molar-refractivity contribution in [1.82, 2.24) is 5.32 Å². The van der Waals surface area contributed by atoms with Crippen LogP contribution in [0.5, 0.6) is 0 Å². The normalized spacial score (nSPS) is 10.3. The van der Waals surface area contributed by atoms with Gasteiger partial charge < -0.3 is 11.1 Å². The molecule has 2 aromatic rings. The minimum atomic E-state index is -0.0523. The topological polar surface area (TPSA) is 55.1 Å². The van der Waals surface area contributed by atoms with Crippen molar-refractivity contribution in [3.8, 4) is 0 Å². The second-order valence-corrected chi connectivity index (χ2v) is 5.45. The zero-order valence-corrected chi connectivity index (χ0v) is 12.7. The molecular weight excluding hydrogens is 316 g/mol. The van der Waals surface area contributed by atoms with Crippen molar-refractivity contribution in [1.29, 1.82) is 0 Å². The SMILES string of the molecule is NCc1ccc(C(=O)NCCc2cccc(Br)c2)cc1. The highest BCUT2D eigenvalue weighted by molar-refractivity contribution is 9.10. The van der Waals surface area contributed by atoms with Gasteiger partial charge in [0.15, 0.2) is 0 Å². The molecule has 0 aliphatic rings. The monoisotopic (exact) mass is 332 g/mol. The lowest BCUT2D eigenvalue weighted by Gasteiger charge is -2.06. The van der Waals surface area contributed by atoms with Crippen LogP contribution >= 0.6 is 15.9 Å². The second kappa shape index (κ2) is 7.22. The summed E-state index contributed by atoms with van der Waals surface area (Å²) in [5, 5.41) is 2.92. The van der Waals surface area contributed by atoms with Gasteiger partial charge in [0, 0.05) is 23.1 Å². The van der Waals surface area contributed by atoms with Crippen molar-refractivity contribution >= 4 is 21.8 Å². The average Bonchev–Trinajstić information content (AvgIpc) is 2.47. The van der Waals surface area contributed by atoms with E-state index in [1.165, 1.54) is 5.56 Å². The molecule has 0 saturated carbocycles. The molecule has 2 rings (SSSR count). The number of hydrogen-bond acceptors (Lipinski definition) is 2. The van der Waals surface area contributed by atoms with Crippen molar-refractivity contribution in [2.75, 3.05) is 6.54 Å². The number of carbonyl (C=O) groups excluding carboxylic acids is 1. The summed E-state index contributed by atoms with van der Waals surface area (Å²) in [6.07, 6.45) is 0.812. The van der Waals surface area contributed by atoms with Crippen molar-refractivity contribution in [2.24, 2.45) is 5.73 Å². The smallest absolute Gasteiger partial charge is 0.251 e. The summed E-state index contributed by atoms with van der Waals surface area (Å²) in [5.74, 6) is -0.0523. The Morgan fingerprint density at radius 3 is 2.50 bits per heavy atom. The number of nitrogens with two attached hydrogens (primary N) is 1. The van der Waals surface area contributed by atoms with Gasteiger partial charge in [0.05, 0.1) is 0 Å². The maximum absolute atomic E-state index is 11.9. The van der Waals surface area contributed by atoms with Gasteiger partial charge in [-0.05, 0) is 41.8 Å². The van der Waals surface area contributed by atoms with E-state index < -0.39 is 0 Å². The van der Waals surface area contributed by atoms with E-state index in [2.05, 4.69) is 27.3 Å². The van der Waals surface area contributed by atoms with E-state index in [1.54, 1.807) is 12.1 Å². The molecule has 3 nitrogen and oxygen atoms in total. The minimum Gasteiger partial charge on any atom is -0.352 e. The van der Waals surface area contributed by atoms with Crippen LogP contribution < -0.4 is 11.1 Å². The summed E-state index contributed by atoms with van der Waals surface area (Å²) in [7, 11) is 0. The predicted octanol–water partition coefficient (Wildman–Crippen LogP) is 2.88. The Kier molecular flexibility index (Phi) is 5.32. The van der Waals surface area contributed by atoms with Gasteiger partial charge in [-0.15, -0.1) is 0 Å². The fraction of sp³-hybridized carbons (Fsp3) is 0.188. The Balaban J connectivity index is 1.85. The number of amides is 1. The second-order valence-electron chi connectivity index (χ2n) is 4.54. The van der Waals surface area contributed by atoms with E-state index in [-0.39, 0.29) is 5.91 Å². The molecule has 4 heteroatoms. The van der Waals surface area contributed by atoms with E-state index in [9.17, 15) is 4.79 Å². The fourth-order valence-corrected chi connectivity index (χ4v) is 2.35. The fourth-order valence-electron chi connectivity index (χ4n) is 1.91. The summed E-state index contributed by atoms with van der Waals surface area (Å²) in [4.78, 5) is 11.9. The summed E-state index contributed by atoms with van der Waals surface area (Å²) in [5.41, 5.74) is 8.41. The molecule has 0 heterocycles. The van der Waals surface area contributed by atoms with Crippen molar-refractivity contribution in [2.45, 2.75) is 13.0 Å². The Morgan fingerprint density at radius 2 is 1.85 bits per heavy atom. The minimum absolute atomic E-state index is 0.0523. The molecule has 2 aromatic carbocycles. The number of halogens is 1. The first kappa shape index (κ1) is 14.8. The molecule has 0 aromatic heterocycles. The molecule has 0 radical (unpaired) electrons. The Labute approximate surface area is 127 Å². The lowest BCUT2D eigenvalue weighted by Crippen LogP contribution is -2.25. The van der Waals surface area contributed by atoms with Crippen LogP contribution in [0.25, 0.3) is 0 Å². The van der Waals surface area contributed by atoms with Gasteiger partial charge in [-0.25, -0.2) is 0 Å². The number of benzene rings is 2. The highest BCUT2D eigenvalue weighted by Crippen LogP contribution is 2.11. The Bertz CT molecular complexity index is 581. The molecule has 3 N–H and O–H groups in total. The number of rotatable bonds is 5. The third-order valence-corrected chi connectivity index (χ3v) is 3.53. The highest BCUT2D eigenvalue weighted by atomic mass is 79.9. The van der Waals surface area contributed by atoms with Gasteiger partial charge in [-0.1, -0.05) is 40.2 Å². The van der Waals surface area contributed by atoms with Crippen LogP contribution in [0, 0.1) is 0 Å². The van der Waals surface area contributed by atoms with Gasteiger partial charge in [0.2, 0.25) is 0 Å². The van der Waals surface area contributed by atoms with E-state index >= 15 is 0 Å². The van der Waals surface area contributed by atoms with Gasteiger partial charge in [-0.3, -0.25) is 4.79 Å². The quantitative estimate of drug-likeness (QED) is 0.884. The molecule has 0 spiro atoms. The molecule has 1 amide bonds. The molecule has 0 atom stereocenters. The first-order chi connectivity index (χ1) is 9.69. The summed E-state index contributed by atoms with van der Waals surface area (Å²) >= 11 is 3.44. The molecule has 20 heavy (non-hydrogen) atoms. The third-order valence-electron chi connectivity index (χ3n) is 3.04. The molecule has 104 valence electrons. The average molecular weight is 333 g/mol.